The number of aromatic nitrogens is 1. The van der Waals surface area contributed by atoms with Crippen molar-refractivity contribution in [3.8, 4) is 6.07 Å². The second-order valence-corrected chi connectivity index (χ2v) is 8.33. The molecule has 0 bridgehead atoms. The van der Waals surface area contributed by atoms with Crippen LogP contribution in [-0.2, 0) is 14.4 Å². The van der Waals surface area contributed by atoms with Crippen molar-refractivity contribution in [2.24, 2.45) is 0 Å². The number of thioether (sulfide) groups is 1. The molecule has 1 aliphatic rings. The summed E-state index contributed by atoms with van der Waals surface area (Å²) < 4.78 is -0.890. The number of hydrogen-bond acceptors (Lipinski definition) is 7. The van der Waals surface area contributed by atoms with Gasteiger partial charge < -0.3 is 10.0 Å². The summed E-state index contributed by atoms with van der Waals surface area (Å²) in [7, 11) is 1.73. The van der Waals surface area contributed by atoms with Gasteiger partial charge in [-0.1, -0.05) is 24.0 Å². The number of carbonyl (C=O) groups excluding carboxylic acids is 2. The van der Waals surface area contributed by atoms with Crippen molar-refractivity contribution in [2.75, 3.05) is 11.9 Å². The number of carboxylic acids is 1. The molecule has 0 aromatic carbocycles. The number of nitriles is 1. The third-order valence-electron chi connectivity index (χ3n) is 4.14. The Balaban J connectivity index is 2.18. The zero-order valence-electron chi connectivity index (χ0n) is 14.8. The van der Waals surface area contributed by atoms with E-state index in [2.05, 4.69) is 11.1 Å². The van der Waals surface area contributed by atoms with Gasteiger partial charge in [-0.15, -0.1) is 0 Å². The van der Waals surface area contributed by atoms with E-state index in [1.54, 1.807) is 43.4 Å². The number of hydrogen-bond donors (Lipinski definition) is 1. The van der Waals surface area contributed by atoms with Crippen LogP contribution < -0.4 is 4.90 Å². The van der Waals surface area contributed by atoms with E-state index in [1.165, 1.54) is 0 Å². The van der Waals surface area contributed by atoms with Crippen molar-refractivity contribution in [3.05, 3.63) is 24.5 Å². The molecule has 2 amide bonds. The molecular formula is C17H18N4O4S2. The molecule has 2 atom stereocenters. The number of pyridine rings is 1. The molecule has 2 unspecified atom stereocenters. The Bertz CT molecular complexity index is 795. The summed E-state index contributed by atoms with van der Waals surface area (Å²) in [5.41, 5.74) is 0.766. The van der Waals surface area contributed by atoms with Gasteiger partial charge in [0.25, 0.3) is 0 Å². The van der Waals surface area contributed by atoms with Crippen molar-refractivity contribution in [1.29, 1.82) is 5.26 Å². The van der Waals surface area contributed by atoms with Crippen molar-refractivity contribution < 1.29 is 19.5 Å². The molecule has 0 radical (unpaired) electrons. The number of carboxylic acid groups (broad SMARTS) is 1. The van der Waals surface area contributed by atoms with Crippen molar-refractivity contribution in [2.45, 2.75) is 37.0 Å². The normalized spacial score (nSPS) is 17.1. The smallest absolute Gasteiger partial charge is 0.327 e. The molecule has 1 fully saturated rings. The molecule has 27 heavy (non-hydrogen) atoms. The molecule has 0 spiro atoms. The quantitative estimate of drug-likeness (QED) is 0.558. The lowest BCUT2D eigenvalue weighted by molar-refractivity contribution is -0.154. The average molecular weight is 406 g/mol. The fourth-order valence-electron chi connectivity index (χ4n) is 2.64. The second-order valence-electron chi connectivity index (χ2n) is 6.19. The number of rotatable bonds is 6. The molecule has 142 valence electrons. The van der Waals surface area contributed by atoms with Crippen LogP contribution in [-0.4, -0.2) is 54.9 Å². The number of amides is 2. The first kappa shape index (κ1) is 20.8. The molecule has 1 N–H and O–H groups in total. The maximum Gasteiger partial charge on any atom is 0.327 e. The maximum absolute atomic E-state index is 11.9. The van der Waals surface area contributed by atoms with Crippen molar-refractivity contribution in [1.82, 2.24) is 9.88 Å². The van der Waals surface area contributed by atoms with Gasteiger partial charge in [-0.05, 0) is 19.1 Å². The Morgan fingerprint density at radius 3 is 2.48 bits per heavy atom. The van der Waals surface area contributed by atoms with Gasteiger partial charge in [0, 0.05) is 44.4 Å². The van der Waals surface area contributed by atoms with Crippen LogP contribution in [0.2, 0.25) is 0 Å². The Morgan fingerprint density at radius 1 is 1.44 bits per heavy atom. The van der Waals surface area contributed by atoms with Crippen LogP contribution in [0.15, 0.2) is 24.5 Å². The van der Waals surface area contributed by atoms with Crippen LogP contribution in [0.1, 0.15) is 26.2 Å². The SMILES string of the molecule is CN(C(=S)SC(C)(C#N)CC(C(=O)O)N1C(=O)CCC1=O)c1ccncc1. The van der Waals surface area contributed by atoms with E-state index in [1.807, 2.05) is 0 Å². The zero-order chi connectivity index (χ0) is 20.2. The van der Waals surface area contributed by atoms with Gasteiger partial charge in [0.1, 0.15) is 15.1 Å². The van der Waals surface area contributed by atoms with Gasteiger partial charge in [-0.25, -0.2) is 4.79 Å². The first-order valence-corrected chi connectivity index (χ1v) is 9.26. The summed E-state index contributed by atoms with van der Waals surface area (Å²) in [4.78, 5) is 41.9. The lowest BCUT2D eigenvalue weighted by Gasteiger charge is -2.31. The fourth-order valence-corrected chi connectivity index (χ4v) is 4.22. The van der Waals surface area contributed by atoms with Crippen LogP contribution in [0.3, 0.4) is 0 Å². The van der Waals surface area contributed by atoms with Gasteiger partial charge in [0.05, 0.1) is 6.07 Å². The molecule has 2 heterocycles. The number of thiocarbonyl (C=S) groups is 1. The lowest BCUT2D eigenvalue weighted by Crippen LogP contribution is -2.48. The molecule has 10 heteroatoms. The minimum Gasteiger partial charge on any atom is -0.480 e. The van der Waals surface area contributed by atoms with E-state index >= 15 is 0 Å². The topological polar surface area (TPSA) is 115 Å². The minimum absolute atomic E-state index is 0.0117. The number of nitrogens with zero attached hydrogens (tertiary/aromatic N) is 4. The molecule has 1 aromatic rings. The summed E-state index contributed by atoms with van der Waals surface area (Å²) in [5.74, 6) is -2.39. The van der Waals surface area contributed by atoms with Gasteiger partial charge in [-0.2, -0.15) is 5.26 Å². The largest absolute Gasteiger partial charge is 0.480 e. The highest BCUT2D eigenvalue weighted by Gasteiger charge is 2.43. The molecule has 0 saturated carbocycles. The number of imide groups is 1. The maximum atomic E-state index is 11.9. The molecule has 1 aliphatic heterocycles. The van der Waals surface area contributed by atoms with E-state index in [4.69, 9.17) is 12.2 Å². The van der Waals surface area contributed by atoms with Gasteiger partial charge in [-0.3, -0.25) is 19.5 Å². The zero-order valence-corrected chi connectivity index (χ0v) is 16.4. The third-order valence-corrected chi connectivity index (χ3v) is 5.82. The first-order valence-electron chi connectivity index (χ1n) is 8.04. The van der Waals surface area contributed by atoms with Crippen LogP contribution in [0, 0.1) is 11.3 Å². The van der Waals surface area contributed by atoms with E-state index in [-0.39, 0.29) is 19.3 Å². The minimum atomic E-state index is -1.40. The Labute approximate surface area is 166 Å². The summed E-state index contributed by atoms with van der Waals surface area (Å²) in [6, 6.07) is 4.17. The predicted molar refractivity (Wildman–Crippen MR) is 104 cm³/mol. The van der Waals surface area contributed by atoms with Crippen molar-refractivity contribution >= 4 is 51.8 Å². The number of likely N-dealkylation sites (tertiary alicyclic amines) is 1. The van der Waals surface area contributed by atoms with Gasteiger partial charge in [0.2, 0.25) is 11.8 Å². The Morgan fingerprint density at radius 2 is 2.00 bits per heavy atom. The summed E-state index contributed by atoms with van der Waals surface area (Å²) >= 11 is 6.42. The molecule has 1 saturated heterocycles. The summed E-state index contributed by atoms with van der Waals surface area (Å²) in [6.45, 7) is 1.55. The highest BCUT2D eigenvalue weighted by Crippen LogP contribution is 2.35. The van der Waals surface area contributed by atoms with Gasteiger partial charge in [0.15, 0.2) is 0 Å². The van der Waals surface area contributed by atoms with Crippen LogP contribution in [0.5, 0.6) is 0 Å². The highest BCUT2D eigenvalue weighted by molar-refractivity contribution is 8.24. The molecule has 0 aliphatic carbocycles. The highest BCUT2D eigenvalue weighted by atomic mass is 32.2. The molecular weight excluding hydrogens is 388 g/mol. The lowest BCUT2D eigenvalue weighted by atomic mass is 10.0. The number of carbonyl (C=O) groups is 3. The van der Waals surface area contributed by atoms with Crippen molar-refractivity contribution in [3.63, 3.8) is 0 Å². The predicted octanol–water partition coefficient (Wildman–Crippen LogP) is 1.81. The monoisotopic (exact) mass is 406 g/mol. The number of anilines is 1. The van der Waals surface area contributed by atoms with Crippen LogP contribution in [0.4, 0.5) is 5.69 Å². The molecule has 1 aromatic heterocycles. The Hall–Kier alpha value is -2.51. The summed E-state index contributed by atoms with van der Waals surface area (Å²) in [5, 5.41) is 19.2. The first-order chi connectivity index (χ1) is 12.7. The summed E-state index contributed by atoms with van der Waals surface area (Å²) in [6.07, 6.45) is 2.96. The van der Waals surface area contributed by atoms with Crippen LogP contribution >= 0.6 is 24.0 Å². The van der Waals surface area contributed by atoms with Gasteiger partial charge >= 0.3 is 5.97 Å². The van der Waals surface area contributed by atoms with E-state index in [0.29, 0.717) is 4.32 Å². The molecule has 2 rings (SSSR count). The Kier molecular flexibility index (Phi) is 6.51. The van der Waals surface area contributed by atoms with E-state index in [9.17, 15) is 24.8 Å². The second kappa shape index (κ2) is 8.45. The van der Waals surface area contributed by atoms with E-state index in [0.717, 1.165) is 22.3 Å². The van der Waals surface area contributed by atoms with E-state index < -0.39 is 28.6 Å². The average Bonchev–Trinajstić information content (AvgIpc) is 2.98. The standard InChI is InChI=1S/C17H18N4O4S2/c1-17(10-18,27-16(26)20(2)11-5-7-19-8-6-11)9-12(15(24)25)21-13(22)3-4-14(21)23/h5-8,12H,3-4,9H2,1-2H3,(H,24,25). The fraction of sp³-hybridized carbons (Fsp3) is 0.412. The third kappa shape index (κ3) is 4.81. The molecule has 8 nitrogen and oxygen atoms in total. The number of aliphatic carboxylic acids is 1. The van der Waals surface area contributed by atoms with Crippen LogP contribution in [0.25, 0.3) is 0 Å².